The number of phenolic OH excluding ortho intramolecular Hbond substituents is 1. The molecule has 0 saturated heterocycles. The third-order valence-electron chi connectivity index (χ3n) is 2.47. The molecule has 19 heavy (non-hydrogen) atoms. The highest BCUT2D eigenvalue weighted by Gasteiger charge is 2.13. The zero-order chi connectivity index (χ0) is 14.0. The lowest BCUT2D eigenvalue weighted by atomic mass is 10.2. The van der Waals surface area contributed by atoms with Gasteiger partial charge in [0.2, 0.25) is 5.88 Å². The Bertz CT molecular complexity index is 646. The molecular weight excluding hydrogens is 316 g/mol. The van der Waals surface area contributed by atoms with Gasteiger partial charge in [0.1, 0.15) is 17.7 Å². The van der Waals surface area contributed by atoms with Crippen LogP contribution in [-0.4, -0.2) is 15.0 Å². The Morgan fingerprint density at radius 3 is 2.84 bits per heavy atom. The summed E-state index contributed by atoms with van der Waals surface area (Å²) >= 11 is 3.16. The molecule has 0 aliphatic heterocycles. The fourth-order valence-electron chi connectivity index (χ4n) is 1.41. The van der Waals surface area contributed by atoms with Crippen LogP contribution in [0.1, 0.15) is 5.56 Å². The molecule has 0 fully saturated rings. The first-order chi connectivity index (χ1) is 8.99. The van der Waals surface area contributed by atoms with Crippen molar-refractivity contribution in [2.45, 2.75) is 6.92 Å². The van der Waals surface area contributed by atoms with E-state index in [1.807, 2.05) is 0 Å². The van der Waals surface area contributed by atoms with E-state index >= 15 is 0 Å². The summed E-state index contributed by atoms with van der Waals surface area (Å²) in [4.78, 5) is 13.9. The minimum Gasteiger partial charge on any atom is -0.508 e. The van der Waals surface area contributed by atoms with Gasteiger partial charge in [-0.3, -0.25) is 10.1 Å². The molecule has 0 amide bonds. The first-order valence-corrected chi connectivity index (χ1v) is 6.04. The second-order valence-corrected chi connectivity index (χ2v) is 4.59. The van der Waals surface area contributed by atoms with E-state index < -0.39 is 4.92 Å². The van der Waals surface area contributed by atoms with Crippen LogP contribution < -0.4 is 4.74 Å². The van der Waals surface area contributed by atoms with Crippen molar-refractivity contribution in [1.82, 2.24) is 4.98 Å². The van der Waals surface area contributed by atoms with Crippen molar-refractivity contribution in [3.63, 3.8) is 0 Å². The number of nitro groups is 1. The minimum atomic E-state index is -0.541. The van der Waals surface area contributed by atoms with Crippen molar-refractivity contribution in [2.24, 2.45) is 0 Å². The molecule has 0 radical (unpaired) electrons. The Labute approximate surface area is 117 Å². The first-order valence-electron chi connectivity index (χ1n) is 5.25. The van der Waals surface area contributed by atoms with Crippen LogP contribution in [0.4, 0.5) is 5.69 Å². The summed E-state index contributed by atoms with van der Waals surface area (Å²) in [7, 11) is 0. The number of hydrogen-bond donors (Lipinski definition) is 1. The Hall–Kier alpha value is -2.15. The van der Waals surface area contributed by atoms with Gasteiger partial charge < -0.3 is 9.84 Å². The number of ether oxygens (including phenoxy) is 1. The summed E-state index contributed by atoms with van der Waals surface area (Å²) in [6.07, 6.45) is 1.11. The minimum absolute atomic E-state index is 0.107. The van der Waals surface area contributed by atoms with Crippen molar-refractivity contribution >= 4 is 21.6 Å². The molecule has 98 valence electrons. The number of pyridine rings is 1. The molecule has 0 bridgehead atoms. The molecule has 1 aromatic heterocycles. The lowest BCUT2D eigenvalue weighted by molar-refractivity contribution is -0.385. The number of nitrogens with zero attached hydrogens (tertiary/aromatic N) is 2. The smallest absolute Gasteiger partial charge is 0.288 e. The number of aromatic nitrogens is 1. The second kappa shape index (κ2) is 5.23. The van der Waals surface area contributed by atoms with Crippen LogP contribution in [0, 0.1) is 17.0 Å². The Kier molecular flexibility index (Phi) is 3.66. The zero-order valence-corrected chi connectivity index (χ0v) is 11.4. The van der Waals surface area contributed by atoms with E-state index in [4.69, 9.17) is 4.74 Å². The number of halogens is 1. The predicted molar refractivity (Wildman–Crippen MR) is 71.5 cm³/mol. The number of rotatable bonds is 3. The SMILES string of the molecule is Cc1c(O)cccc1Oc1ncc([N+](=O)[O-])cc1Br. The summed E-state index contributed by atoms with van der Waals surface area (Å²) in [5, 5.41) is 20.2. The van der Waals surface area contributed by atoms with E-state index in [1.165, 1.54) is 6.07 Å². The highest BCUT2D eigenvalue weighted by atomic mass is 79.9. The van der Waals surface area contributed by atoms with E-state index in [2.05, 4.69) is 20.9 Å². The first kappa shape index (κ1) is 13.3. The van der Waals surface area contributed by atoms with Crippen molar-refractivity contribution in [2.75, 3.05) is 0 Å². The summed E-state index contributed by atoms with van der Waals surface area (Å²) in [5.41, 5.74) is 0.432. The van der Waals surface area contributed by atoms with Crippen molar-refractivity contribution in [3.8, 4) is 17.4 Å². The highest BCUT2D eigenvalue weighted by molar-refractivity contribution is 9.10. The quantitative estimate of drug-likeness (QED) is 0.689. The lowest BCUT2D eigenvalue weighted by Gasteiger charge is -2.09. The van der Waals surface area contributed by atoms with Gasteiger partial charge in [-0.25, -0.2) is 4.98 Å². The van der Waals surface area contributed by atoms with Gasteiger partial charge in [-0.15, -0.1) is 0 Å². The molecule has 2 rings (SSSR count). The molecule has 0 saturated carbocycles. The normalized spacial score (nSPS) is 10.2. The Morgan fingerprint density at radius 2 is 2.21 bits per heavy atom. The Balaban J connectivity index is 2.34. The Morgan fingerprint density at radius 1 is 1.47 bits per heavy atom. The average molecular weight is 325 g/mol. The maximum absolute atomic E-state index is 10.6. The fourth-order valence-corrected chi connectivity index (χ4v) is 1.83. The number of aromatic hydroxyl groups is 1. The topological polar surface area (TPSA) is 85.5 Å². The molecule has 0 aliphatic rings. The fraction of sp³-hybridized carbons (Fsp3) is 0.0833. The van der Waals surface area contributed by atoms with E-state index in [-0.39, 0.29) is 17.3 Å². The van der Waals surface area contributed by atoms with Crippen LogP contribution in [0.3, 0.4) is 0 Å². The summed E-state index contributed by atoms with van der Waals surface area (Å²) in [6.45, 7) is 1.70. The van der Waals surface area contributed by atoms with Gasteiger partial charge in [0, 0.05) is 11.6 Å². The number of hydrogen-bond acceptors (Lipinski definition) is 5. The molecule has 0 unspecified atom stereocenters. The molecular formula is C12H9BrN2O4. The van der Waals surface area contributed by atoms with Gasteiger partial charge in [-0.1, -0.05) is 6.07 Å². The van der Waals surface area contributed by atoms with E-state index in [0.717, 1.165) is 6.20 Å². The maximum Gasteiger partial charge on any atom is 0.288 e. The molecule has 1 heterocycles. The van der Waals surface area contributed by atoms with Gasteiger partial charge in [-0.2, -0.15) is 0 Å². The van der Waals surface area contributed by atoms with Crippen LogP contribution in [0.25, 0.3) is 0 Å². The summed E-state index contributed by atoms with van der Waals surface area (Å²) in [6, 6.07) is 6.16. The molecule has 0 atom stereocenters. The zero-order valence-electron chi connectivity index (χ0n) is 9.83. The van der Waals surface area contributed by atoms with Crippen molar-refractivity contribution in [1.29, 1.82) is 0 Å². The lowest BCUT2D eigenvalue weighted by Crippen LogP contribution is -1.94. The van der Waals surface area contributed by atoms with Crippen LogP contribution in [0.15, 0.2) is 34.9 Å². The van der Waals surface area contributed by atoms with Crippen LogP contribution in [0.5, 0.6) is 17.4 Å². The van der Waals surface area contributed by atoms with Gasteiger partial charge in [0.15, 0.2) is 0 Å². The van der Waals surface area contributed by atoms with Crippen molar-refractivity contribution < 1.29 is 14.8 Å². The predicted octanol–water partition coefficient (Wildman–Crippen LogP) is 3.56. The monoisotopic (exact) mass is 324 g/mol. The molecule has 0 spiro atoms. The highest BCUT2D eigenvalue weighted by Crippen LogP contribution is 2.33. The van der Waals surface area contributed by atoms with Crippen molar-refractivity contribution in [3.05, 3.63) is 50.6 Å². The molecule has 6 nitrogen and oxygen atoms in total. The maximum atomic E-state index is 10.6. The molecule has 0 aliphatic carbocycles. The van der Waals surface area contributed by atoms with Gasteiger partial charge >= 0.3 is 0 Å². The largest absolute Gasteiger partial charge is 0.508 e. The third-order valence-corrected chi connectivity index (χ3v) is 3.03. The van der Waals surface area contributed by atoms with E-state index in [9.17, 15) is 15.2 Å². The van der Waals surface area contributed by atoms with Gasteiger partial charge in [0.25, 0.3) is 5.69 Å². The third kappa shape index (κ3) is 2.82. The average Bonchev–Trinajstić information content (AvgIpc) is 2.37. The summed E-state index contributed by atoms with van der Waals surface area (Å²) in [5.74, 6) is 0.733. The van der Waals surface area contributed by atoms with Gasteiger partial charge in [0.05, 0.1) is 9.40 Å². The van der Waals surface area contributed by atoms with Gasteiger partial charge in [-0.05, 0) is 35.0 Å². The van der Waals surface area contributed by atoms with E-state index in [0.29, 0.717) is 15.8 Å². The van der Waals surface area contributed by atoms with Crippen LogP contribution >= 0.6 is 15.9 Å². The molecule has 2 aromatic rings. The number of phenols is 1. The molecule has 1 N–H and O–H groups in total. The summed E-state index contributed by atoms with van der Waals surface area (Å²) < 4.78 is 5.88. The second-order valence-electron chi connectivity index (χ2n) is 3.74. The van der Waals surface area contributed by atoms with Crippen LogP contribution in [0.2, 0.25) is 0 Å². The molecule has 7 heteroatoms. The number of benzene rings is 1. The van der Waals surface area contributed by atoms with E-state index in [1.54, 1.807) is 25.1 Å². The van der Waals surface area contributed by atoms with Crippen LogP contribution in [-0.2, 0) is 0 Å². The molecule has 1 aromatic carbocycles. The standard InChI is InChI=1S/C12H9BrN2O4/c1-7-10(16)3-2-4-11(7)19-12-9(13)5-8(6-14-12)15(17)18/h2-6,16H,1H3.